The van der Waals surface area contributed by atoms with E-state index >= 15 is 0 Å². The number of hydrogen-bond acceptors (Lipinski definition) is 3. The van der Waals surface area contributed by atoms with Crippen molar-refractivity contribution in [2.75, 3.05) is 0 Å². The molecule has 0 saturated heterocycles. The van der Waals surface area contributed by atoms with Gasteiger partial charge in [-0.25, -0.2) is 9.37 Å². The molecule has 1 aromatic carbocycles. The zero-order valence-electron chi connectivity index (χ0n) is 8.43. The Morgan fingerprint density at radius 1 is 1.25 bits per heavy atom. The molecule has 0 bridgehead atoms. The van der Waals surface area contributed by atoms with Crippen molar-refractivity contribution >= 4 is 0 Å². The van der Waals surface area contributed by atoms with Gasteiger partial charge in [0.05, 0.1) is 12.8 Å². The maximum atomic E-state index is 12.6. The maximum Gasteiger partial charge on any atom is 0.219 e. The predicted molar refractivity (Wildman–Crippen MR) is 56.6 cm³/mol. The fourth-order valence-corrected chi connectivity index (χ4v) is 1.25. The Morgan fingerprint density at radius 2 is 2.12 bits per heavy atom. The number of aliphatic hydroxyl groups excluding tert-OH is 1. The van der Waals surface area contributed by atoms with Crippen molar-refractivity contribution in [3.8, 4) is 11.6 Å². The monoisotopic (exact) mass is 219 g/mol. The van der Waals surface area contributed by atoms with Gasteiger partial charge in [-0.2, -0.15) is 0 Å². The number of ether oxygens (including phenoxy) is 1. The summed E-state index contributed by atoms with van der Waals surface area (Å²) in [4.78, 5) is 3.77. The van der Waals surface area contributed by atoms with Crippen molar-refractivity contribution in [1.82, 2.24) is 4.98 Å². The molecule has 82 valence electrons. The summed E-state index contributed by atoms with van der Waals surface area (Å²) >= 11 is 0. The van der Waals surface area contributed by atoms with E-state index in [4.69, 9.17) is 9.84 Å². The third-order valence-corrected chi connectivity index (χ3v) is 2.00. The van der Waals surface area contributed by atoms with Crippen LogP contribution in [0.25, 0.3) is 0 Å². The zero-order valence-corrected chi connectivity index (χ0v) is 8.43. The van der Waals surface area contributed by atoms with Crippen LogP contribution >= 0.6 is 0 Å². The molecular weight excluding hydrogens is 209 g/mol. The van der Waals surface area contributed by atoms with E-state index in [2.05, 4.69) is 4.98 Å². The van der Waals surface area contributed by atoms with Gasteiger partial charge in [0.1, 0.15) is 11.6 Å². The van der Waals surface area contributed by atoms with Crippen LogP contribution in [-0.4, -0.2) is 10.1 Å². The molecule has 2 rings (SSSR count). The minimum atomic E-state index is -0.406. The minimum Gasteiger partial charge on any atom is -0.439 e. The van der Waals surface area contributed by atoms with Crippen LogP contribution in [0.1, 0.15) is 5.56 Å². The highest BCUT2D eigenvalue weighted by atomic mass is 19.1. The molecule has 1 aromatic heterocycles. The predicted octanol–water partition coefficient (Wildman–Crippen LogP) is 2.51. The highest BCUT2D eigenvalue weighted by Gasteiger charge is 2.00. The Balaban J connectivity index is 2.16. The summed E-state index contributed by atoms with van der Waals surface area (Å²) in [6.07, 6.45) is 1.09. The van der Waals surface area contributed by atoms with Gasteiger partial charge in [0.2, 0.25) is 5.88 Å². The van der Waals surface area contributed by atoms with Gasteiger partial charge in [-0.1, -0.05) is 12.1 Å². The van der Waals surface area contributed by atoms with Crippen molar-refractivity contribution in [3.63, 3.8) is 0 Å². The average Bonchev–Trinajstić information content (AvgIpc) is 2.32. The van der Waals surface area contributed by atoms with Crippen molar-refractivity contribution < 1.29 is 14.2 Å². The van der Waals surface area contributed by atoms with E-state index in [9.17, 15) is 4.39 Å². The Hall–Kier alpha value is -1.94. The minimum absolute atomic E-state index is 0.0476. The van der Waals surface area contributed by atoms with Crippen molar-refractivity contribution in [3.05, 3.63) is 54.0 Å². The van der Waals surface area contributed by atoms with Crippen LogP contribution in [0, 0.1) is 5.82 Å². The molecule has 1 heterocycles. The summed E-state index contributed by atoms with van der Waals surface area (Å²) in [5, 5.41) is 8.94. The first-order valence-corrected chi connectivity index (χ1v) is 4.77. The van der Waals surface area contributed by atoms with Gasteiger partial charge in [-0.3, -0.25) is 0 Å². The van der Waals surface area contributed by atoms with Crippen LogP contribution in [0.2, 0.25) is 0 Å². The third kappa shape index (κ3) is 2.55. The van der Waals surface area contributed by atoms with Gasteiger partial charge in [-0.15, -0.1) is 0 Å². The number of halogens is 1. The van der Waals surface area contributed by atoms with E-state index in [1.54, 1.807) is 24.3 Å². The molecule has 4 heteroatoms. The maximum absolute atomic E-state index is 12.6. The lowest BCUT2D eigenvalue weighted by Gasteiger charge is -2.05. The van der Waals surface area contributed by atoms with Gasteiger partial charge in [0.25, 0.3) is 0 Å². The quantitative estimate of drug-likeness (QED) is 0.862. The van der Waals surface area contributed by atoms with Crippen LogP contribution in [0.5, 0.6) is 11.6 Å². The fraction of sp³-hybridized carbons (Fsp3) is 0.0833. The van der Waals surface area contributed by atoms with Gasteiger partial charge in [-0.05, 0) is 23.8 Å². The average molecular weight is 219 g/mol. The molecule has 0 radical (unpaired) electrons. The second-order valence-electron chi connectivity index (χ2n) is 3.22. The Morgan fingerprint density at radius 3 is 2.81 bits per heavy atom. The normalized spacial score (nSPS) is 10.1. The Kier molecular flexibility index (Phi) is 3.12. The topological polar surface area (TPSA) is 42.4 Å². The highest BCUT2D eigenvalue weighted by molar-refractivity contribution is 5.31. The molecular formula is C12H10FNO2. The first kappa shape index (κ1) is 10.6. The smallest absolute Gasteiger partial charge is 0.219 e. The molecule has 0 fully saturated rings. The van der Waals surface area contributed by atoms with Crippen LogP contribution in [0.4, 0.5) is 4.39 Å². The summed E-state index contributed by atoms with van der Waals surface area (Å²) in [5.74, 6) is 0.471. The van der Waals surface area contributed by atoms with Crippen LogP contribution in [0.15, 0.2) is 42.6 Å². The molecule has 1 N–H and O–H groups in total. The zero-order chi connectivity index (χ0) is 11.4. The first-order valence-electron chi connectivity index (χ1n) is 4.77. The fourth-order valence-electron chi connectivity index (χ4n) is 1.25. The molecule has 0 saturated carbocycles. The molecule has 0 aliphatic heterocycles. The number of benzene rings is 1. The van der Waals surface area contributed by atoms with E-state index in [-0.39, 0.29) is 6.61 Å². The molecule has 0 aliphatic carbocycles. The molecule has 3 nitrogen and oxygen atoms in total. The van der Waals surface area contributed by atoms with Gasteiger partial charge in [0, 0.05) is 6.07 Å². The van der Waals surface area contributed by atoms with Gasteiger partial charge in [0.15, 0.2) is 0 Å². The summed E-state index contributed by atoms with van der Waals surface area (Å²) < 4.78 is 18.0. The van der Waals surface area contributed by atoms with Gasteiger partial charge >= 0.3 is 0 Å². The third-order valence-electron chi connectivity index (χ3n) is 2.00. The second kappa shape index (κ2) is 4.72. The lowest BCUT2D eigenvalue weighted by molar-refractivity contribution is 0.281. The molecule has 0 amide bonds. The van der Waals surface area contributed by atoms with E-state index in [1.807, 2.05) is 0 Å². The summed E-state index contributed by atoms with van der Waals surface area (Å²) in [5.41, 5.74) is 0.750. The first-order chi connectivity index (χ1) is 7.78. The van der Waals surface area contributed by atoms with E-state index < -0.39 is 5.82 Å². The molecule has 0 aliphatic rings. The number of nitrogens with zero attached hydrogens (tertiary/aromatic N) is 1. The second-order valence-corrected chi connectivity index (χ2v) is 3.22. The Bertz CT molecular complexity index is 471. The SMILES string of the molecule is OCc1cccc(Oc2ccc(F)cn2)c1. The molecule has 0 atom stereocenters. The Labute approximate surface area is 92.1 Å². The lowest BCUT2D eigenvalue weighted by atomic mass is 10.2. The lowest BCUT2D eigenvalue weighted by Crippen LogP contribution is -1.89. The van der Waals surface area contributed by atoms with E-state index in [0.717, 1.165) is 11.8 Å². The standard InChI is InChI=1S/C12H10FNO2/c13-10-4-5-12(14-7-10)16-11-3-1-2-9(6-11)8-15/h1-7,15H,8H2. The van der Waals surface area contributed by atoms with E-state index in [1.165, 1.54) is 12.1 Å². The molecule has 0 spiro atoms. The molecule has 2 aromatic rings. The summed E-state index contributed by atoms with van der Waals surface area (Å²) in [6, 6.07) is 9.71. The summed E-state index contributed by atoms with van der Waals surface area (Å²) in [6.45, 7) is -0.0476. The van der Waals surface area contributed by atoms with Gasteiger partial charge < -0.3 is 9.84 Å². The number of aliphatic hydroxyl groups is 1. The largest absolute Gasteiger partial charge is 0.439 e. The van der Waals surface area contributed by atoms with Crippen molar-refractivity contribution in [1.29, 1.82) is 0 Å². The number of aromatic nitrogens is 1. The van der Waals surface area contributed by atoms with Crippen molar-refractivity contribution in [2.45, 2.75) is 6.61 Å². The number of rotatable bonds is 3. The summed E-state index contributed by atoms with van der Waals surface area (Å²) in [7, 11) is 0. The number of hydrogen-bond donors (Lipinski definition) is 1. The van der Waals surface area contributed by atoms with Crippen LogP contribution in [0.3, 0.4) is 0 Å². The van der Waals surface area contributed by atoms with E-state index in [0.29, 0.717) is 11.6 Å². The molecule has 0 unspecified atom stereocenters. The highest BCUT2D eigenvalue weighted by Crippen LogP contribution is 2.20. The van der Waals surface area contributed by atoms with Crippen molar-refractivity contribution in [2.24, 2.45) is 0 Å². The molecule has 16 heavy (non-hydrogen) atoms. The number of pyridine rings is 1. The van der Waals surface area contributed by atoms with Crippen LogP contribution in [-0.2, 0) is 6.61 Å². The van der Waals surface area contributed by atoms with Crippen LogP contribution < -0.4 is 4.74 Å².